The van der Waals surface area contributed by atoms with Crippen molar-refractivity contribution in [1.29, 1.82) is 0 Å². The lowest BCUT2D eigenvalue weighted by Gasteiger charge is -2.26. The number of aryl methyl sites for hydroxylation is 16. The number of aliphatic hydroxyl groups is 1. The zero-order valence-electron chi connectivity index (χ0n) is 79.9. The molecule has 26 nitrogen and oxygen atoms in total. The largest absolute Gasteiger partial charge is 0.497 e. The van der Waals surface area contributed by atoms with Crippen LogP contribution in [0.5, 0.6) is 5.75 Å². The van der Waals surface area contributed by atoms with Crippen molar-refractivity contribution in [1.82, 2.24) is 89.1 Å². The van der Waals surface area contributed by atoms with Crippen molar-refractivity contribution in [3.8, 4) is 5.75 Å². The highest BCUT2D eigenvalue weighted by molar-refractivity contribution is 7.28. The number of hydrogen-bond donors (Lipinski definition) is 7. The molecule has 0 radical (unpaired) electrons. The number of fused-ring (bicyclic) bond motifs is 18. The van der Waals surface area contributed by atoms with E-state index in [0.29, 0.717) is 32.2 Å². The average Bonchev–Trinajstić information content (AvgIpc) is 1.57. The predicted octanol–water partition coefficient (Wildman–Crippen LogP) is 26.3. The van der Waals surface area contributed by atoms with Crippen LogP contribution >= 0.6 is 125 Å². The Morgan fingerprint density at radius 2 is 0.827 bits per heavy atom. The summed E-state index contributed by atoms with van der Waals surface area (Å²) in [7, 11) is 9.61. The molecule has 37 heteroatoms. The molecule has 0 unspecified atom stereocenters. The Hall–Kier alpha value is -11.9. The zero-order valence-corrected chi connectivity index (χ0v) is 88.7. The van der Waals surface area contributed by atoms with E-state index in [1.807, 2.05) is 153 Å². The van der Waals surface area contributed by atoms with E-state index in [-0.39, 0.29) is 6.61 Å². The van der Waals surface area contributed by atoms with Crippen molar-refractivity contribution >= 4 is 273 Å². The van der Waals surface area contributed by atoms with E-state index < -0.39 is 0 Å². The Bertz CT molecular complexity index is 8380. The van der Waals surface area contributed by atoms with Crippen molar-refractivity contribution in [3.05, 3.63) is 252 Å². The number of rotatable bonds is 19. The summed E-state index contributed by atoms with van der Waals surface area (Å²) < 4.78 is 20.6. The van der Waals surface area contributed by atoms with Crippen LogP contribution in [0.4, 0.5) is 29.1 Å². The quantitative estimate of drug-likeness (QED) is 0.0396. The van der Waals surface area contributed by atoms with Gasteiger partial charge in [0.1, 0.15) is 45.6 Å². The van der Waals surface area contributed by atoms with E-state index in [1.165, 1.54) is 94.3 Å². The topological polar surface area (TPSA) is 293 Å². The van der Waals surface area contributed by atoms with Gasteiger partial charge in [0.25, 0.3) is 0 Å². The summed E-state index contributed by atoms with van der Waals surface area (Å²) in [5.41, 5.74) is 23.3. The molecule has 1 saturated carbocycles. The third-order valence-electron chi connectivity index (χ3n) is 24.8. The molecule has 139 heavy (non-hydrogen) atoms. The second-order valence-corrected chi connectivity index (χ2v) is 43.9. The van der Waals surface area contributed by atoms with Gasteiger partial charge in [0.15, 0.2) is 29.1 Å². The summed E-state index contributed by atoms with van der Waals surface area (Å²) >= 11 is 32.7. The van der Waals surface area contributed by atoms with Gasteiger partial charge in [-0.05, 0) is 194 Å². The fourth-order valence-electron chi connectivity index (χ4n) is 17.9. The smallest absolute Gasteiger partial charge is 0.166 e. The molecule has 24 rings (SSSR count). The normalized spacial score (nSPS) is 12.5. The van der Waals surface area contributed by atoms with Crippen LogP contribution in [0.25, 0.3) is 112 Å². The number of nitrogens with one attached hydrogen (secondary N) is 6. The van der Waals surface area contributed by atoms with Crippen LogP contribution in [0.15, 0.2) is 137 Å². The molecule has 1 aliphatic heterocycles. The Kier molecular flexibility index (Phi) is 28.1. The standard InChI is InChI=1S/C19H19ClN4OS.C18H17ClN4S.C18H16ClN3S.C17H18N4OS2.C15H15N5S2.C15H18N4S/c1-10-14-16-17(26-19(14)22-11(2)15(10)20)18(23-24(16)3)21-9-12-5-7-13(25-4)8-6-12;1-10-13-15-16(24-18(13)21-11(2)14(10)19)17(22-23(15)3)20-9-12-7-5-4-6-8-12;1-10-14-13-9-21-17(20-8-12-6-4-3-5-7-12)16(13)23-18(14)22-11(2)15(10)19;1-10-8-11(2)19-17-13(10)14-15(24-17)16(20-21(14)5-6-22)18-9-12-4-3-7-23-12;1-8-6-9(2)18-15-11(8)12-13(22-15)14(19-20(12)3)17-7-10-16-4-5-21-10;1-8-7-9(2)16-15-11(8)12-13(20-15)14(18-19(12)3)17-10-5-4-6-10/h5-8H,9H2,1-4H3,(H,21,23);4-8H,9H2,1-3H3,(H,20,22);3-7H,8-9H2,1-2H3,(H,20,21);3-4,7-8,22H,5-6,9H2,1-2H3,(H,18,20);4-6H,7H2,1-3H3,(H,17,19);7,10H,4-6H2,1-3H3,(H,17,18). The first-order chi connectivity index (χ1) is 67.1. The number of methoxy groups -OCH3 is 1. The molecule has 22 aromatic rings. The summed E-state index contributed by atoms with van der Waals surface area (Å²) in [6.45, 7) is 29.5. The summed E-state index contributed by atoms with van der Waals surface area (Å²) in [5, 5.41) is 67.8. The first-order valence-electron chi connectivity index (χ1n) is 45.5. The lowest BCUT2D eigenvalue weighted by atomic mass is 9.93. The molecule has 3 aromatic carbocycles. The molecule has 0 atom stereocenters. The van der Waals surface area contributed by atoms with Crippen LogP contribution in [-0.2, 0) is 74.0 Å². The van der Waals surface area contributed by atoms with Crippen LogP contribution in [0.3, 0.4) is 0 Å². The summed E-state index contributed by atoms with van der Waals surface area (Å²) in [6, 6.07) is 39.8. The minimum atomic E-state index is 0.0663. The van der Waals surface area contributed by atoms with Gasteiger partial charge in [-0.25, -0.2) is 34.9 Å². The summed E-state index contributed by atoms with van der Waals surface area (Å²) in [4.78, 5) is 45.8. The van der Waals surface area contributed by atoms with E-state index in [4.69, 9.17) is 44.5 Å². The number of hydrogen-bond acceptors (Lipinski definition) is 29. The van der Waals surface area contributed by atoms with Gasteiger partial charge in [0.2, 0.25) is 0 Å². The lowest BCUT2D eigenvalue weighted by molar-refractivity contribution is 0.272. The van der Waals surface area contributed by atoms with Crippen LogP contribution in [0, 0.1) is 83.1 Å². The average molecular weight is 2060 g/mol. The van der Waals surface area contributed by atoms with Crippen LogP contribution in [0.2, 0.25) is 15.1 Å². The third kappa shape index (κ3) is 19.3. The van der Waals surface area contributed by atoms with Crippen LogP contribution in [0.1, 0.15) is 124 Å². The number of pyridine rings is 6. The van der Waals surface area contributed by atoms with Gasteiger partial charge in [-0.15, -0.1) is 90.7 Å². The maximum atomic E-state index is 9.40. The zero-order chi connectivity index (χ0) is 97.0. The number of thiophene rings is 7. The Morgan fingerprint density at radius 1 is 0.417 bits per heavy atom. The fraction of sp³-hybridized carbons (Fsp3) is 0.284. The number of ether oxygens (including phenoxy) is 1. The van der Waals surface area contributed by atoms with Crippen molar-refractivity contribution in [3.63, 3.8) is 0 Å². The first-order valence-corrected chi connectivity index (χ1v) is 53.3. The number of anilines is 5. The summed E-state index contributed by atoms with van der Waals surface area (Å²) in [5.74, 6) is 6.40. The number of benzene rings is 3. The molecule has 19 aromatic heterocycles. The molecule has 0 saturated heterocycles. The van der Waals surface area contributed by atoms with Gasteiger partial charge in [-0.3, -0.25) is 28.4 Å². The van der Waals surface area contributed by atoms with Gasteiger partial charge in [-0.2, -0.15) is 25.5 Å². The Labute approximate surface area is 849 Å². The van der Waals surface area contributed by atoms with Crippen molar-refractivity contribution in [2.24, 2.45) is 33.2 Å². The molecule has 0 bridgehead atoms. The maximum absolute atomic E-state index is 9.40. The Balaban J connectivity index is 0.000000107. The van der Waals surface area contributed by atoms with Gasteiger partial charge >= 0.3 is 0 Å². The maximum Gasteiger partial charge on any atom is 0.166 e. The second kappa shape index (κ2) is 40.7. The monoisotopic (exact) mass is 2060 g/mol. The number of thiazole rings is 1. The van der Waals surface area contributed by atoms with Gasteiger partial charge in [-0.1, -0.05) is 114 Å². The molecule has 1 aliphatic carbocycles. The molecule has 1 fully saturated rings. The van der Waals surface area contributed by atoms with E-state index in [9.17, 15) is 5.11 Å². The van der Waals surface area contributed by atoms with E-state index in [1.54, 1.807) is 97.8 Å². The highest BCUT2D eigenvalue weighted by Gasteiger charge is 2.30. The van der Waals surface area contributed by atoms with E-state index >= 15 is 0 Å². The van der Waals surface area contributed by atoms with Crippen molar-refractivity contribution in [2.45, 2.75) is 154 Å². The number of aromatic nitrogens is 17. The molecular weight excluding hydrogens is 1960 g/mol. The molecular formula is C102H103Cl3N24O2S8. The lowest BCUT2D eigenvalue weighted by Crippen LogP contribution is -2.27. The minimum Gasteiger partial charge on any atom is -0.497 e. The number of amidine groups is 1. The second-order valence-electron chi connectivity index (χ2n) is 34.8. The van der Waals surface area contributed by atoms with Crippen LogP contribution in [-0.4, -0.2) is 114 Å². The minimum absolute atomic E-state index is 0.0663. The first kappa shape index (κ1) is 96.0. The highest BCUT2D eigenvalue weighted by Crippen LogP contribution is 2.48. The van der Waals surface area contributed by atoms with Crippen LogP contribution < -0.4 is 36.6 Å². The van der Waals surface area contributed by atoms with E-state index in [2.05, 4.69) is 206 Å². The van der Waals surface area contributed by atoms with E-state index in [0.717, 1.165) is 217 Å². The molecule has 0 amide bonds. The van der Waals surface area contributed by atoms with Crippen molar-refractivity contribution < 1.29 is 9.84 Å². The molecule has 0 spiro atoms. The van der Waals surface area contributed by atoms with Crippen molar-refractivity contribution in [2.75, 3.05) is 40.3 Å². The molecule has 7 N–H and O–H groups in total. The number of halogens is 3. The molecule has 712 valence electrons. The SMILES string of the molecule is COc1ccc(CNc2nn(C)c3c2sc2nc(C)c(Cl)c(C)c23)cc1.Cc1cc(C)c2c(n1)sc1c(NC3CCC3)nn(C)c12.Cc1cc(C)c2c(n1)sc1c(NCc3cccs3)nn(CCO)c12.Cc1cc(C)c2c(n1)sc1c(NCc3nccs3)nn(C)c12.Cc1nc2sc3c(NCc4ccccc4)nn(C)c3c2c(C)c1Cl.Cc1nc2sc3c(c2c(C)c1Cl)CN=C3NCc1ccccc1. The fourth-order valence-corrected chi connectivity index (χ4v) is 27.1. The van der Waals surface area contributed by atoms with Gasteiger partial charge in [0.05, 0.1) is 128 Å². The Morgan fingerprint density at radius 3 is 1.27 bits per heavy atom. The molecule has 20 heterocycles. The van der Waals surface area contributed by atoms with Gasteiger partial charge < -0.3 is 41.7 Å². The predicted molar refractivity (Wildman–Crippen MR) is 587 cm³/mol. The third-order valence-corrected chi connectivity index (χ3v) is 34.7. The number of aliphatic hydroxyl groups excluding tert-OH is 1. The molecule has 2 aliphatic rings. The number of aliphatic imine (C=N–C) groups is 1. The highest BCUT2D eigenvalue weighted by atomic mass is 35.5. The number of nitrogens with zero attached hydrogens (tertiary/aromatic N) is 18. The van der Waals surface area contributed by atoms with Gasteiger partial charge in [0, 0.05) is 125 Å². The summed E-state index contributed by atoms with van der Waals surface area (Å²) in [6.07, 6.45) is 5.68.